The zero-order valence-corrected chi connectivity index (χ0v) is 15.5. The van der Waals surface area contributed by atoms with E-state index in [0.29, 0.717) is 29.5 Å². The number of anilines is 2. The Hall–Kier alpha value is -2.93. The second kappa shape index (κ2) is 8.64. The summed E-state index contributed by atoms with van der Waals surface area (Å²) in [5, 5.41) is 6.02. The van der Waals surface area contributed by atoms with Crippen molar-refractivity contribution in [2.75, 3.05) is 29.9 Å². The summed E-state index contributed by atoms with van der Waals surface area (Å²) < 4.78 is 10.7. The molecule has 0 unspecified atom stereocenters. The van der Waals surface area contributed by atoms with Gasteiger partial charge in [-0.05, 0) is 55.5 Å². The normalized spacial score (nSPS) is 16.0. The number of hydrogen-bond acceptors (Lipinski definition) is 4. The molecule has 0 aromatic heterocycles. The Morgan fingerprint density at radius 2 is 1.93 bits per heavy atom. The zero-order chi connectivity index (χ0) is 19.2. The largest absolute Gasteiger partial charge is 0.494 e. The summed E-state index contributed by atoms with van der Waals surface area (Å²) in [6.07, 6.45) is -0.879. The molecule has 7 nitrogen and oxygen atoms in total. The molecule has 0 saturated carbocycles. The van der Waals surface area contributed by atoms with Crippen molar-refractivity contribution in [2.45, 2.75) is 13.0 Å². The van der Waals surface area contributed by atoms with Crippen LogP contribution in [0, 0.1) is 0 Å². The molecule has 2 aromatic rings. The number of rotatable bonds is 6. The first-order valence-electron chi connectivity index (χ1n) is 8.56. The molecule has 0 radical (unpaired) electrons. The Kier molecular flexibility index (Phi) is 6.03. The molecular weight excluding hydrogens is 370 g/mol. The van der Waals surface area contributed by atoms with Gasteiger partial charge in [0.15, 0.2) is 0 Å². The molecule has 0 aliphatic carbocycles. The first kappa shape index (κ1) is 18.8. The van der Waals surface area contributed by atoms with Crippen LogP contribution in [-0.4, -0.2) is 37.9 Å². The van der Waals surface area contributed by atoms with E-state index in [1.165, 1.54) is 4.90 Å². The predicted molar refractivity (Wildman–Crippen MR) is 104 cm³/mol. The van der Waals surface area contributed by atoms with Crippen LogP contribution in [-0.2, 0) is 4.74 Å². The van der Waals surface area contributed by atoms with Crippen molar-refractivity contribution in [1.82, 2.24) is 5.32 Å². The lowest BCUT2D eigenvalue weighted by atomic mass is 10.2. The quantitative estimate of drug-likeness (QED) is 0.785. The van der Waals surface area contributed by atoms with Gasteiger partial charge in [-0.2, -0.15) is 0 Å². The van der Waals surface area contributed by atoms with Gasteiger partial charge in [0.05, 0.1) is 19.7 Å². The lowest BCUT2D eigenvalue weighted by Gasteiger charge is -2.13. The molecule has 2 N–H and O–H groups in total. The average Bonchev–Trinajstić information content (AvgIpc) is 3.03. The highest BCUT2D eigenvalue weighted by Crippen LogP contribution is 2.23. The van der Waals surface area contributed by atoms with Gasteiger partial charge in [0.2, 0.25) is 0 Å². The minimum atomic E-state index is -0.448. The molecule has 2 aromatic carbocycles. The summed E-state index contributed by atoms with van der Waals surface area (Å²) in [5.41, 5.74) is 1.34. The minimum Gasteiger partial charge on any atom is -0.494 e. The lowest BCUT2D eigenvalue weighted by Crippen LogP contribution is -2.37. The number of carbonyl (C=O) groups excluding carboxylic acids is 2. The third kappa shape index (κ3) is 5.04. The maximum atomic E-state index is 12.0. The van der Waals surface area contributed by atoms with Crippen molar-refractivity contribution in [1.29, 1.82) is 0 Å². The Bertz CT molecular complexity index is 796. The summed E-state index contributed by atoms with van der Waals surface area (Å²) >= 11 is 5.86. The van der Waals surface area contributed by atoms with Crippen molar-refractivity contribution in [3.05, 3.63) is 53.6 Å². The monoisotopic (exact) mass is 389 g/mol. The summed E-state index contributed by atoms with van der Waals surface area (Å²) in [7, 11) is 0. The molecule has 1 aliphatic heterocycles. The summed E-state index contributed by atoms with van der Waals surface area (Å²) in [6.45, 7) is 3.05. The maximum Gasteiger partial charge on any atom is 0.414 e. The number of nitrogens with one attached hydrogen (secondary N) is 2. The number of halogens is 1. The van der Waals surface area contributed by atoms with Gasteiger partial charge in [-0.3, -0.25) is 4.90 Å². The van der Waals surface area contributed by atoms with Gasteiger partial charge in [0, 0.05) is 16.4 Å². The van der Waals surface area contributed by atoms with Crippen molar-refractivity contribution in [3.63, 3.8) is 0 Å². The van der Waals surface area contributed by atoms with Gasteiger partial charge in [-0.1, -0.05) is 11.6 Å². The van der Waals surface area contributed by atoms with E-state index in [-0.39, 0.29) is 12.6 Å². The predicted octanol–water partition coefficient (Wildman–Crippen LogP) is 3.89. The molecule has 1 fully saturated rings. The van der Waals surface area contributed by atoms with E-state index in [1.54, 1.807) is 48.5 Å². The standard InChI is InChI=1S/C19H20ClN3O4/c1-2-26-16-9-5-14(6-10-16)22-18(24)21-11-17-12-23(19(25)27-17)15-7-3-13(20)4-8-15/h3-10,17H,2,11-12H2,1H3,(H2,21,22,24)/t17-/m0/s1. The van der Waals surface area contributed by atoms with E-state index >= 15 is 0 Å². The van der Waals surface area contributed by atoms with Gasteiger partial charge >= 0.3 is 12.1 Å². The molecule has 0 spiro atoms. The van der Waals surface area contributed by atoms with Crippen LogP contribution in [0.1, 0.15) is 6.92 Å². The first-order valence-corrected chi connectivity index (χ1v) is 8.94. The summed E-state index contributed by atoms with van der Waals surface area (Å²) in [4.78, 5) is 25.6. The molecular formula is C19H20ClN3O4. The summed E-state index contributed by atoms with van der Waals surface area (Å²) in [5.74, 6) is 0.739. The Balaban J connectivity index is 1.47. The fraction of sp³-hybridized carbons (Fsp3) is 0.263. The molecule has 8 heteroatoms. The van der Waals surface area contributed by atoms with Crippen LogP contribution in [0.4, 0.5) is 21.0 Å². The molecule has 3 amide bonds. The van der Waals surface area contributed by atoms with Crippen molar-refractivity contribution in [2.24, 2.45) is 0 Å². The van der Waals surface area contributed by atoms with Crippen molar-refractivity contribution >= 4 is 35.1 Å². The number of urea groups is 1. The Labute approximate surface area is 162 Å². The zero-order valence-electron chi connectivity index (χ0n) is 14.8. The van der Waals surface area contributed by atoms with Gasteiger partial charge in [0.25, 0.3) is 0 Å². The van der Waals surface area contributed by atoms with Crippen molar-refractivity contribution < 1.29 is 19.1 Å². The fourth-order valence-corrected chi connectivity index (χ4v) is 2.77. The van der Waals surface area contributed by atoms with E-state index in [0.717, 1.165) is 5.75 Å². The second-order valence-electron chi connectivity index (χ2n) is 5.89. The highest BCUT2D eigenvalue weighted by molar-refractivity contribution is 6.30. The Morgan fingerprint density at radius 3 is 2.59 bits per heavy atom. The number of ether oxygens (including phenoxy) is 2. The molecule has 0 bridgehead atoms. The topological polar surface area (TPSA) is 79.9 Å². The third-order valence-corrected chi connectivity index (χ3v) is 4.18. The van der Waals surface area contributed by atoms with E-state index in [4.69, 9.17) is 21.1 Å². The second-order valence-corrected chi connectivity index (χ2v) is 6.32. The third-order valence-electron chi connectivity index (χ3n) is 3.93. The fourth-order valence-electron chi connectivity index (χ4n) is 2.64. The van der Waals surface area contributed by atoms with Crippen LogP contribution in [0.3, 0.4) is 0 Å². The maximum absolute atomic E-state index is 12.0. The minimum absolute atomic E-state index is 0.207. The average molecular weight is 390 g/mol. The number of benzene rings is 2. The van der Waals surface area contributed by atoms with E-state index in [9.17, 15) is 9.59 Å². The van der Waals surface area contributed by atoms with Gasteiger partial charge < -0.3 is 20.1 Å². The van der Waals surface area contributed by atoms with E-state index in [2.05, 4.69) is 10.6 Å². The number of hydrogen-bond donors (Lipinski definition) is 2. The van der Waals surface area contributed by atoms with E-state index < -0.39 is 12.2 Å². The van der Waals surface area contributed by atoms with Crippen LogP contribution in [0.5, 0.6) is 5.75 Å². The number of amides is 3. The highest BCUT2D eigenvalue weighted by Gasteiger charge is 2.32. The Morgan fingerprint density at radius 1 is 1.22 bits per heavy atom. The van der Waals surface area contributed by atoms with Crippen LogP contribution >= 0.6 is 11.6 Å². The lowest BCUT2D eigenvalue weighted by molar-refractivity contribution is 0.141. The molecule has 27 heavy (non-hydrogen) atoms. The highest BCUT2D eigenvalue weighted by atomic mass is 35.5. The number of carbonyl (C=O) groups is 2. The first-order chi connectivity index (χ1) is 13.0. The van der Waals surface area contributed by atoms with E-state index in [1.807, 2.05) is 6.92 Å². The molecule has 142 valence electrons. The van der Waals surface area contributed by atoms with Crippen LogP contribution in [0.2, 0.25) is 5.02 Å². The molecule has 1 saturated heterocycles. The SMILES string of the molecule is CCOc1ccc(NC(=O)NC[C@H]2CN(c3ccc(Cl)cc3)C(=O)O2)cc1. The smallest absolute Gasteiger partial charge is 0.414 e. The van der Waals surface area contributed by atoms with Crippen LogP contribution in [0.25, 0.3) is 0 Å². The molecule has 3 rings (SSSR count). The molecule has 1 aliphatic rings. The van der Waals surface area contributed by atoms with Gasteiger partial charge in [0.1, 0.15) is 11.9 Å². The van der Waals surface area contributed by atoms with Crippen LogP contribution < -0.4 is 20.3 Å². The number of nitrogens with zero attached hydrogens (tertiary/aromatic N) is 1. The van der Waals surface area contributed by atoms with Gasteiger partial charge in [-0.25, -0.2) is 9.59 Å². The number of cyclic esters (lactones) is 1. The van der Waals surface area contributed by atoms with Gasteiger partial charge in [-0.15, -0.1) is 0 Å². The molecule has 1 atom stereocenters. The van der Waals surface area contributed by atoms with Crippen molar-refractivity contribution in [3.8, 4) is 5.75 Å². The summed E-state index contributed by atoms with van der Waals surface area (Å²) in [6, 6.07) is 13.6. The molecule has 1 heterocycles. The van der Waals surface area contributed by atoms with Crippen LogP contribution in [0.15, 0.2) is 48.5 Å².